The summed E-state index contributed by atoms with van der Waals surface area (Å²) in [6.07, 6.45) is -5.75. The van der Waals surface area contributed by atoms with Crippen LogP contribution >= 0.6 is 0 Å². The summed E-state index contributed by atoms with van der Waals surface area (Å²) >= 11 is 0. The summed E-state index contributed by atoms with van der Waals surface area (Å²) in [7, 11) is 1.32. The summed E-state index contributed by atoms with van der Waals surface area (Å²) in [6, 6.07) is 6.98. The molecule has 1 atom stereocenters. The van der Waals surface area contributed by atoms with E-state index in [2.05, 4.69) is 10.6 Å². The maximum absolute atomic E-state index is 12.7. The largest absolute Gasteiger partial charge is 0.495 e. The second-order valence-corrected chi connectivity index (χ2v) is 5.97. The van der Waals surface area contributed by atoms with Gasteiger partial charge >= 0.3 is 12.2 Å². The highest BCUT2D eigenvalue weighted by Crippen LogP contribution is 2.31. The number of aliphatic hydroxyl groups excluding tert-OH is 1. The molecule has 0 spiro atoms. The van der Waals surface area contributed by atoms with Gasteiger partial charge in [-0.05, 0) is 24.3 Å². The van der Waals surface area contributed by atoms with Gasteiger partial charge in [-0.1, -0.05) is 6.07 Å². The molecule has 2 aromatic rings. The zero-order valence-corrected chi connectivity index (χ0v) is 15.6. The Morgan fingerprint density at radius 1 is 1.27 bits per heavy atom. The Bertz CT molecular complexity index is 907. The maximum atomic E-state index is 12.7. The minimum absolute atomic E-state index is 0.0407. The van der Waals surface area contributed by atoms with Crippen LogP contribution in [0, 0.1) is 10.1 Å². The second kappa shape index (κ2) is 9.78. The van der Waals surface area contributed by atoms with Gasteiger partial charge in [-0.3, -0.25) is 10.1 Å². The van der Waals surface area contributed by atoms with Crippen molar-refractivity contribution in [1.29, 1.82) is 0 Å². The highest BCUT2D eigenvalue weighted by atomic mass is 19.4. The van der Waals surface area contributed by atoms with E-state index in [9.17, 15) is 33.2 Å². The first-order chi connectivity index (χ1) is 14.1. The molecule has 2 amide bonds. The van der Waals surface area contributed by atoms with Crippen LogP contribution < -0.4 is 20.1 Å². The normalized spacial score (nSPS) is 12.0. The number of carbonyl (C=O) groups is 1. The molecular weight excluding hydrogens is 411 g/mol. The van der Waals surface area contributed by atoms with Crippen LogP contribution in [0.3, 0.4) is 0 Å². The number of nitrogens with zero attached hydrogens (tertiary/aromatic N) is 1. The molecule has 9 nitrogen and oxygen atoms in total. The van der Waals surface area contributed by atoms with E-state index in [0.717, 1.165) is 18.2 Å². The van der Waals surface area contributed by atoms with Crippen LogP contribution in [0.15, 0.2) is 42.5 Å². The van der Waals surface area contributed by atoms with E-state index in [4.69, 9.17) is 9.47 Å². The molecule has 0 radical (unpaired) electrons. The third-order valence-corrected chi connectivity index (χ3v) is 3.74. The lowest BCUT2D eigenvalue weighted by molar-refractivity contribution is -0.384. The Kier molecular flexibility index (Phi) is 7.42. The molecule has 0 fully saturated rings. The summed E-state index contributed by atoms with van der Waals surface area (Å²) in [4.78, 5) is 22.2. The van der Waals surface area contributed by atoms with Crippen LogP contribution in [0.1, 0.15) is 5.56 Å². The number of nitro groups is 1. The number of non-ortho nitro benzene ring substituents is 1. The SMILES string of the molecule is COc1ccc([N+](=O)[O-])cc1NC(=O)NCC(O)COc1cccc(C(F)(F)F)c1. The van der Waals surface area contributed by atoms with Gasteiger partial charge in [0.25, 0.3) is 5.69 Å². The summed E-state index contributed by atoms with van der Waals surface area (Å²) < 4.78 is 48.1. The number of hydrogen-bond donors (Lipinski definition) is 3. The predicted molar refractivity (Wildman–Crippen MR) is 99.6 cm³/mol. The van der Waals surface area contributed by atoms with Gasteiger partial charge in [-0.2, -0.15) is 13.2 Å². The molecule has 0 aliphatic heterocycles. The summed E-state index contributed by atoms with van der Waals surface area (Å²) in [5.74, 6) is 0.0961. The Hall–Kier alpha value is -3.54. The third-order valence-electron chi connectivity index (χ3n) is 3.74. The number of anilines is 1. The van der Waals surface area contributed by atoms with Crippen LogP contribution in [-0.4, -0.2) is 42.4 Å². The number of nitrogens with one attached hydrogen (secondary N) is 2. The number of amides is 2. The van der Waals surface area contributed by atoms with Crippen molar-refractivity contribution in [1.82, 2.24) is 5.32 Å². The van der Waals surface area contributed by atoms with E-state index in [1.807, 2.05) is 0 Å². The fraction of sp³-hybridized carbons (Fsp3) is 0.278. The van der Waals surface area contributed by atoms with Gasteiger partial charge < -0.3 is 25.2 Å². The molecular formula is C18H18F3N3O6. The Balaban J connectivity index is 1.87. The lowest BCUT2D eigenvalue weighted by Gasteiger charge is -2.15. The lowest BCUT2D eigenvalue weighted by Crippen LogP contribution is -2.37. The van der Waals surface area contributed by atoms with Crippen molar-refractivity contribution in [3.63, 3.8) is 0 Å². The molecule has 162 valence electrons. The number of halogens is 3. The molecule has 30 heavy (non-hydrogen) atoms. The van der Waals surface area contributed by atoms with Gasteiger partial charge in [0.05, 0.1) is 23.3 Å². The first-order valence-corrected chi connectivity index (χ1v) is 8.45. The number of aliphatic hydroxyl groups is 1. The van der Waals surface area contributed by atoms with E-state index in [0.29, 0.717) is 0 Å². The number of alkyl halides is 3. The molecule has 2 rings (SSSR count). The second-order valence-electron chi connectivity index (χ2n) is 5.97. The standard InChI is InChI=1S/C18H18F3N3O6/c1-29-16-6-5-12(24(27)28)8-15(16)23-17(26)22-9-13(25)10-30-14-4-2-3-11(7-14)18(19,20)21/h2-8,13,25H,9-10H2,1H3,(H2,22,23,26). The van der Waals surface area contributed by atoms with E-state index < -0.39 is 28.8 Å². The van der Waals surface area contributed by atoms with E-state index >= 15 is 0 Å². The van der Waals surface area contributed by atoms with Crippen LogP contribution in [0.5, 0.6) is 11.5 Å². The molecule has 0 aliphatic carbocycles. The number of benzene rings is 2. The molecule has 0 heterocycles. The smallest absolute Gasteiger partial charge is 0.416 e. The van der Waals surface area contributed by atoms with E-state index in [1.165, 1.54) is 31.4 Å². The number of urea groups is 1. The third kappa shape index (κ3) is 6.51. The minimum Gasteiger partial charge on any atom is -0.495 e. The molecule has 3 N–H and O–H groups in total. The summed E-state index contributed by atoms with van der Waals surface area (Å²) in [5.41, 5.74) is -1.11. The topological polar surface area (TPSA) is 123 Å². The molecule has 2 aromatic carbocycles. The fourth-order valence-electron chi connectivity index (χ4n) is 2.30. The van der Waals surface area contributed by atoms with Crippen LogP contribution in [0.25, 0.3) is 0 Å². The molecule has 1 unspecified atom stereocenters. The quantitative estimate of drug-likeness (QED) is 0.438. The van der Waals surface area contributed by atoms with Crippen LogP contribution in [-0.2, 0) is 6.18 Å². The predicted octanol–water partition coefficient (Wildman–Crippen LogP) is 3.18. The van der Waals surface area contributed by atoms with Gasteiger partial charge in [-0.15, -0.1) is 0 Å². The Labute approximate surface area is 168 Å². The number of nitro benzene ring substituents is 1. The van der Waals surface area contributed by atoms with Crippen molar-refractivity contribution in [3.8, 4) is 11.5 Å². The highest BCUT2D eigenvalue weighted by molar-refractivity contribution is 5.91. The highest BCUT2D eigenvalue weighted by Gasteiger charge is 2.30. The number of methoxy groups -OCH3 is 1. The monoisotopic (exact) mass is 429 g/mol. The molecule has 0 saturated heterocycles. The van der Waals surface area contributed by atoms with Gasteiger partial charge in [0, 0.05) is 18.7 Å². The number of rotatable bonds is 8. The van der Waals surface area contributed by atoms with Crippen molar-refractivity contribution in [3.05, 3.63) is 58.1 Å². The number of ether oxygens (including phenoxy) is 2. The maximum Gasteiger partial charge on any atom is 0.416 e. The fourth-order valence-corrected chi connectivity index (χ4v) is 2.30. The number of hydrogen-bond acceptors (Lipinski definition) is 6. The van der Waals surface area contributed by atoms with Crippen molar-refractivity contribution in [2.24, 2.45) is 0 Å². The average Bonchev–Trinajstić information content (AvgIpc) is 2.70. The van der Waals surface area contributed by atoms with Crippen molar-refractivity contribution < 1.29 is 37.5 Å². The minimum atomic E-state index is -4.52. The molecule has 12 heteroatoms. The van der Waals surface area contributed by atoms with Crippen molar-refractivity contribution >= 4 is 17.4 Å². The molecule has 0 aromatic heterocycles. The summed E-state index contributed by atoms with van der Waals surface area (Å²) in [6.45, 7) is -0.663. The lowest BCUT2D eigenvalue weighted by atomic mass is 10.2. The van der Waals surface area contributed by atoms with Crippen LogP contribution in [0.4, 0.5) is 29.3 Å². The van der Waals surface area contributed by atoms with E-state index in [1.54, 1.807) is 0 Å². The van der Waals surface area contributed by atoms with Gasteiger partial charge in [0.15, 0.2) is 0 Å². The number of carbonyl (C=O) groups excluding carboxylic acids is 1. The Morgan fingerprint density at radius 2 is 2.00 bits per heavy atom. The van der Waals surface area contributed by atoms with E-state index in [-0.39, 0.29) is 36.0 Å². The van der Waals surface area contributed by atoms with Gasteiger partial charge in [0.2, 0.25) is 0 Å². The summed E-state index contributed by atoms with van der Waals surface area (Å²) in [5, 5.41) is 25.4. The first-order valence-electron chi connectivity index (χ1n) is 8.45. The van der Waals surface area contributed by atoms with Crippen LogP contribution in [0.2, 0.25) is 0 Å². The first kappa shape index (κ1) is 22.7. The van der Waals surface area contributed by atoms with Gasteiger partial charge in [0.1, 0.15) is 24.2 Å². The molecule has 0 bridgehead atoms. The zero-order valence-electron chi connectivity index (χ0n) is 15.6. The zero-order chi connectivity index (χ0) is 22.3. The van der Waals surface area contributed by atoms with Crippen molar-refractivity contribution in [2.45, 2.75) is 12.3 Å². The Morgan fingerprint density at radius 3 is 2.63 bits per heavy atom. The molecule has 0 saturated carbocycles. The molecule has 0 aliphatic rings. The average molecular weight is 429 g/mol. The van der Waals surface area contributed by atoms with Crippen molar-refractivity contribution in [2.75, 3.05) is 25.6 Å². The van der Waals surface area contributed by atoms with Gasteiger partial charge in [-0.25, -0.2) is 4.79 Å².